The summed E-state index contributed by atoms with van der Waals surface area (Å²) in [5, 5.41) is 13.0. The van der Waals surface area contributed by atoms with Crippen LogP contribution in [0.2, 0.25) is 5.02 Å². The molecule has 0 saturated carbocycles. The predicted octanol–water partition coefficient (Wildman–Crippen LogP) is 5.35. The Balaban J connectivity index is 2.19. The zero-order valence-electron chi connectivity index (χ0n) is 9.75. The van der Waals surface area contributed by atoms with E-state index in [0.717, 1.165) is 20.2 Å². The largest absolute Gasteiger partial charge is 0.380 e. The van der Waals surface area contributed by atoms with Crippen molar-refractivity contribution in [2.75, 3.05) is 5.32 Å². The van der Waals surface area contributed by atoms with E-state index in [0.29, 0.717) is 17.1 Å². The minimum Gasteiger partial charge on any atom is -0.380 e. The number of nitrogens with zero attached hydrogens (tertiary/aromatic N) is 1. The molecule has 0 bridgehead atoms. The van der Waals surface area contributed by atoms with E-state index >= 15 is 0 Å². The van der Waals surface area contributed by atoms with Gasteiger partial charge in [0, 0.05) is 20.5 Å². The number of benzene rings is 2. The fourth-order valence-electron chi connectivity index (χ4n) is 1.63. The van der Waals surface area contributed by atoms with Crippen molar-refractivity contribution >= 4 is 49.1 Å². The Labute approximate surface area is 133 Å². The third kappa shape index (κ3) is 3.73. The molecule has 0 saturated heterocycles. The normalized spacial score (nSPS) is 10.0. The van der Waals surface area contributed by atoms with Crippen molar-refractivity contribution in [1.82, 2.24) is 0 Å². The predicted molar refractivity (Wildman–Crippen MR) is 85.3 cm³/mol. The van der Waals surface area contributed by atoms with Gasteiger partial charge in [0.2, 0.25) is 0 Å². The van der Waals surface area contributed by atoms with Gasteiger partial charge in [0.1, 0.15) is 6.07 Å². The molecule has 0 radical (unpaired) electrons. The SMILES string of the molecule is N#Cc1cc(Br)ccc1NCc1cc(Br)ccc1Cl. The Morgan fingerprint density at radius 2 is 1.79 bits per heavy atom. The highest BCUT2D eigenvalue weighted by Gasteiger charge is 2.05. The lowest BCUT2D eigenvalue weighted by Gasteiger charge is -2.10. The summed E-state index contributed by atoms with van der Waals surface area (Å²) in [6.07, 6.45) is 0. The number of nitrogens with one attached hydrogen (secondary N) is 1. The molecule has 0 spiro atoms. The van der Waals surface area contributed by atoms with Gasteiger partial charge in [-0.15, -0.1) is 0 Å². The minimum absolute atomic E-state index is 0.564. The third-order valence-corrected chi connectivity index (χ3v) is 3.93. The summed E-state index contributed by atoms with van der Waals surface area (Å²) in [5.41, 5.74) is 2.37. The lowest BCUT2D eigenvalue weighted by Crippen LogP contribution is -2.02. The lowest BCUT2D eigenvalue weighted by atomic mass is 10.1. The maximum absolute atomic E-state index is 9.09. The Morgan fingerprint density at radius 1 is 1.11 bits per heavy atom. The van der Waals surface area contributed by atoms with Crippen LogP contribution < -0.4 is 5.32 Å². The van der Waals surface area contributed by atoms with Gasteiger partial charge in [-0.3, -0.25) is 0 Å². The van der Waals surface area contributed by atoms with Crippen molar-refractivity contribution in [3.63, 3.8) is 0 Å². The number of hydrogen-bond donors (Lipinski definition) is 1. The van der Waals surface area contributed by atoms with Crippen molar-refractivity contribution in [1.29, 1.82) is 5.26 Å². The van der Waals surface area contributed by atoms with Crippen LogP contribution >= 0.6 is 43.5 Å². The van der Waals surface area contributed by atoms with Gasteiger partial charge in [-0.2, -0.15) is 5.26 Å². The molecular weight excluding hydrogens is 391 g/mol. The maximum atomic E-state index is 9.09. The van der Waals surface area contributed by atoms with Crippen molar-refractivity contribution in [2.24, 2.45) is 0 Å². The average Bonchev–Trinajstić information content (AvgIpc) is 2.40. The van der Waals surface area contributed by atoms with Crippen molar-refractivity contribution < 1.29 is 0 Å². The Morgan fingerprint density at radius 3 is 2.53 bits per heavy atom. The van der Waals surface area contributed by atoms with E-state index in [2.05, 4.69) is 43.2 Å². The van der Waals surface area contributed by atoms with Crippen LogP contribution in [0.3, 0.4) is 0 Å². The monoisotopic (exact) mass is 398 g/mol. The molecule has 0 aliphatic carbocycles. The molecule has 0 fully saturated rings. The molecule has 2 nitrogen and oxygen atoms in total. The van der Waals surface area contributed by atoms with Gasteiger partial charge in [-0.25, -0.2) is 0 Å². The molecule has 0 atom stereocenters. The van der Waals surface area contributed by atoms with Gasteiger partial charge in [0.05, 0.1) is 11.3 Å². The van der Waals surface area contributed by atoms with Crippen LogP contribution in [-0.4, -0.2) is 0 Å². The second-order valence-corrected chi connectivity index (χ2v) is 6.13. The van der Waals surface area contributed by atoms with Gasteiger partial charge in [0.25, 0.3) is 0 Å². The van der Waals surface area contributed by atoms with E-state index in [1.165, 1.54) is 0 Å². The third-order valence-electron chi connectivity index (χ3n) is 2.58. The second-order valence-electron chi connectivity index (χ2n) is 3.89. The van der Waals surface area contributed by atoms with Crippen molar-refractivity contribution in [2.45, 2.75) is 6.54 Å². The number of halogens is 3. The van der Waals surface area contributed by atoms with Gasteiger partial charge < -0.3 is 5.32 Å². The molecule has 2 aromatic rings. The molecule has 5 heteroatoms. The highest BCUT2D eigenvalue weighted by molar-refractivity contribution is 9.10. The number of nitriles is 1. The van der Waals surface area contributed by atoms with E-state index in [4.69, 9.17) is 16.9 Å². The first-order valence-corrected chi connectivity index (χ1v) is 7.44. The Hall–Kier alpha value is -1.02. The number of hydrogen-bond acceptors (Lipinski definition) is 2. The molecule has 96 valence electrons. The van der Waals surface area contributed by atoms with Gasteiger partial charge in [-0.1, -0.05) is 43.5 Å². The molecule has 0 heterocycles. The number of anilines is 1. The van der Waals surface area contributed by atoms with Crippen LogP contribution in [-0.2, 0) is 6.54 Å². The smallest absolute Gasteiger partial charge is 0.101 e. The molecule has 0 aliphatic rings. The lowest BCUT2D eigenvalue weighted by molar-refractivity contribution is 1.14. The van der Waals surface area contributed by atoms with Crippen LogP contribution in [0.25, 0.3) is 0 Å². The fraction of sp³-hybridized carbons (Fsp3) is 0.0714. The highest BCUT2D eigenvalue weighted by Crippen LogP contribution is 2.24. The summed E-state index contributed by atoms with van der Waals surface area (Å²) >= 11 is 12.9. The quantitative estimate of drug-likeness (QED) is 0.754. The first-order valence-electron chi connectivity index (χ1n) is 5.47. The Bertz CT molecular complexity index is 650. The summed E-state index contributed by atoms with van der Waals surface area (Å²) < 4.78 is 1.86. The van der Waals surface area contributed by atoms with Gasteiger partial charge in [0.15, 0.2) is 0 Å². The summed E-state index contributed by atoms with van der Waals surface area (Å²) in [7, 11) is 0. The van der Waals surface area contributed by atoms with Crippen LogP contribution in [0.1, 0.15) is 11.1 Å². The molecule has 19 heavy (non-hydrogen) atoms. The summed E-state index contributed by atoms with van der Waals surface area (Å²) in [6, 6.07) is 13.4. The molecule has 0 unspecified atom stereocenters. The Kier molecular flexibility index (Phi) is 4.87. The summed E-state index contributed by atoms with van der Waals surface area (Å²) in [6.45, 7) is 0.564. The van der Waals surface area contributed by atoms with E-state index in [9.17, 15) is 0 Å². The minimum atomic E-state index is 0.564. The zero-order chi connectivity index (χ0) is 13.8. The van der Waals surface area contributed by atoms with Crippen LogP contribution in [0.5, 0.6) is 0 Å². The molecule has 0 amide bonds. The van der Waals surface area contributed by atoms with Crippen molar-refractivity contribution in [3.8, 4) is 6.07 Å². The van der Waals surface area contributed by atoms with E-state index < -0.39 is 0 Å². The van der Waals surface area contributed by atoms with E-state index in [-0.39, 0.29) is 0 Å². The maximum Gasteiger partial charge on any atom is 0.101 e. The van der Waals surface area contributed by atoms with Crippen LogP contribution in [0.4, 0.5) is 5.69 Å². The fourth-order valence-corrected chi connectivity index (χ4v) is 2.59. The summed E-state index contributed by atoms with van der Waals surface area (Å²) in [4.78, 5) is 0. The van der Waals surface area contributed by atoms with E-state index in [1.807, 2.05) is 30.3 Å². The average molecular weight is 401 g/mol. The van der Waals surface area contributed by atoms with Crippen LogP contribution in [0.15, 0.2) is 45.3 Å². The molecular formula is C14H9Br2ClN2. The highest BCUT2D eigenvalue weighted by atomic mass is 79.9. The van der Waals surface area contributed by atoms with Crippen LogP contribution in [0, 0.1) is 11.3 Å². The zero-order valence-corrected chi connectivity index (χ0v) is 13.7. The van der Waals surface area contributed by atoms with Crippen molar-refractivity contribution in [3.05, 3.63) is 61.5 Å². The van der Waals surface area contributed by atoms with Gasteiger partial charge in [-0.05, 0) is 42.0 Å². The second kappa shape index (κ2) is 6.42. The first-order chi connectivity index (χ1) is 9.10. The van der Waals surface area contributed by atoms with Gasteiger partial charge >= 0.3 is 0 Å². The molecule has 2 rings (SSSR count). The standard InChI is InChI=1S/C14H9Br2ClN2/c15-11-1-3-13(17)10(6-11)8-19-14-4-2-12(16)5-9(14)7-18/h1-6,19H,8H2. The molecule has 1 N–H and O–H groups in total. The molecule has 0 aliphatic heterocycles. The topological polar surface area (TPSA) is 35.8 Å². The number of rotatable bonds is 3. The first kappa shape index (κ1) is 14.4. The van der Waals surface area contributed by atoms with E-state index in [1.54, 1.807) is 6.07 Å². The summed E-state index contributed by atoms with van der Waals surface area (Å²) in [5.74, 6) is 0. The molecule has 2 aromatic carbocycles. The molecule has 0 aromatic heterocycles.